The molecule has 0 amide bonds. The fraction of sp³-hybridized carbons (Fsp3) is 0.400. The van der Waals surface area contributed by atoms with Crippen LogP contribution in [0.25, 0.3) is 0 Å². The first-order valence-electron chi connectivity index (χ1n) is 5.12. The summed E-state index contributed by atoms with van der Waals surface area (Å²) >= 11 is 0. The zero-order valence-corrected chi connectivity index (χ0v) is 9.49. The first kappa shape index (κ1) is 15.9. The lowest BCUT2D eigenvalue weighted by Gasteiger charge is -2.15. The number of hydrogen-bond donors (Lipinski definition) is 2. The highest BCUT2D eigenvalue weighted by Gasteiger charge is 2.40. The maximum atomic E-state index is 13.1. The molecule has 0 saturated heterocycles. The summed E-state index contributed by atoms with van der Waals surface area (Å²) in [6, 6.07) is 3.03. The van der Waals surface area contributed by atoms with E-state index in [0.29, 0.717) is 0 Å². The standard InChI is InChI=1S/C10H10BF5O3/c12-8-2-1-6(3-7(8)11(17)18)4-19-5-10(15,16)9(13)14/h1-3,9,17-18H,4-5H2. The maximum absolute atomic E-state index is 13.1. The van der Waals surface area contributed by atoms with Crippen LogP contribution >= 0.6 is 0 Å². The summed E-state index contributed by atoms with van der Waals surface area (Å²) in [7, 11) is -2.07. The molecule has 1 rings (SSSR count). The molecular weight excluding hydrogens is 274 g/mol. The molecule has 0 aliphatic heterocycles. The topological polar surface area (TPSA) is 49.7 Å². The van der Waals surface area contributed by atoms with Crippen molar-refractivity contribution in [3.8, 4) is 0 Å². The van der Waals surface area contributed by atoms with Crippen LogP contribution in [0.15, 0.2) is 18.2 Å². The molecule has 0 radical (unpaired) electrons. The van der Waals surface area contributed by atoms with E-state index in [2.05, 4.69) is 4.74 Å². The van der Waals surface area contributed by atoms with Crippen LogP contribution in [-0.2, 0) is 11.3 Å². The molecule has 0 atom stereocenters. The van der Waals surface area contributed by atoms with Crippen LogP contribution in [0, 0.1) is 5.82 Å². The van der Waals surface area contributed by atoms with Crippen molar-refractivity contribution in [1.29, 1.82) is 0 Å². The largest absolute Gasteiger partial charge is 0.491 e. The van der Waals surface area contributed by atoms with Gasteiger partial charge in [0.15, 0.2) is 0 Å². The smallest absolute Gasteiger partial charge is 0.423 e. The lowest BCUT2D eigenvalue weighted by molar-refractivity contribution is -0.168. The Morgan fingerprint density at radius 1 is 1.26 bits per heavy atom. The Balaban J connectivity index is 2.62. The zero-order chi connectivity index (χ0) is 14.6. The third kappa shape index (κ3) is 4.44. The number of hydrogen-bond acceptors (Lipinski definition) is 3. The molecule has 106 valence electrons. The van der Waals surface area contributed by atoms with Gasteiger partial charge in [-0.3, -0.25) is 0 Å². The minimum absolute atomic E-state index is 0.148. The maximum Gasteiger partial charge on any atom is 0.491 e. The molecule has 1 aromatic carbocycles. The molecule has 0 heterocycles. The Morgan fingerprint density at radius 2 is 1.89 bits per heavy atom. The fourth-order valence-electron chi connectivity index (χ4n) is 1.25. The van der Waals surface area contributed by atoms with Gasteiger partial charge in [-0.1, -0.05) is 12.1 Å². The minimum Gasteiger partial charge on any atom is -0.423 e. The Morgan fingerprint density at radius 3 is 2.42 bits per heavy atom. The number of ether oxygens (including phenoxy) is 1. The van der Waals surface area contributed by atoms with Crippen molar-refractivity contribution in [3.05, 3.63) is 29.6 Å². The minimum atomic E-state index is -4.26. The van der Waals surface area contributed by atoms with Gasteiger partial charge in [0.1, 0.15) is 12.4 Å². The molecule has 0 aliphatic carbocycles. The van der Waals surface area contributed by atoms with Gasteiger partial charge in [-0.25, -0.2) is 13.2 Å². The van der Waals surface area contributed by atoms with E-state index in [9.17, 15) is 22.0 Å². The summed E-state index contributed by atoms with van der Waals surface area (Å²) in [5.41, 5.74) is -0.309. The van der Waals surface area contributed by atoms with Crippen molar-refractivity contribution < 1.29 is 36.7 Å². The predicted molar refractivity (Wildman–Crippen MR) is 56.8 cm³/mol. The average molecular weight is 284 g/mol. The predicted octanol–water partition coefficient (Wildman–Crippen LogP) is 0.923. The molecule has 9 heteroatoms. The van der Waals surface area contributed by atoms with Crippen LogP contribution in [0.4, 0.5) is 22.0 Å². The van der Waals surface area contributed by atoms with Crippen LogP contribution in [0.3, 0.4) is 0 Å². The molecule has 19 heavy (non-hydrogen) atoms. The molecule has 3 nitrogen and oxygen atoms in total. The van der Waals surface area contributed by atoms with E-state index in [-0.39, 0.29) is 5.56 Å². The van der Waals surface area contributed by atoms with E-state index < -0.39 is 44.0 Å². The molecule has 0 aromatic heterocycles. The molecule has 0 spiro atoms. The average Bonchev–Trinajstić information content (AvgIpc) is 2.30. The molecule has 0 aliphatic rings. The molecule has 0 saturated carbocycles. The molecule has 0 bridgehead atoms. The van der Waals surface area contributed by atoms with Gasteiger partial charge < -0.3 is 14.8 Å². The molecule has 1 aromatic rings. The summed E-state index contributed by atoms with van der Waals surface area (Å²) in [5.74, 6) is -5.16. The Bertz CT molecular complexity index is 428. The fourth-order valence-corrected chi connectivity index (χ4v) is 1.25. The summed E-state index contributed by atoms with van der Waals surface area (Å²) < 4.78 is 66.1. The van der Waals surface area contributed by atoms with Gasteiger partial charge in [0.25, 0.3) is 0 Å². The second-order valence-electron chi connectivity index (χ2n) is 3.78. The van der Waals surface area contributed by atoms with Crippen molar-refractivity contribution in [2.24, 2.45) is 0 Å². The number of benzene rings is 1. The van der Waals surface area contributed by atoms with E-state index in [4.69, 9.17) is 10.0 Å². The number of rotatable bonds is 6. The molecule has 2 N–H and O–H groups in total. The van der Waals surface area contributed by atoms with Gasteiger partial charge in [-0.05, 0) is 11.6 Å². The summed E-state index contributed by atoms with van der Waals surface area (Å²) in [4.78, 5) is 0. The Labute approximate surface area is 105 Å². The SMILES string of the molecule is OB(O)c1cc(COCC(F)(F)C(F)F)ccc1F. The zero-order valence-electron chi connectivity index (χ0n) is 9.49. The summed E-state index contributed by atoms with van der Waals surface area (Å²) in [5, 5.41) is 17.6. The first-order valence-corrected chi connectivity index (χ1v) is 5.12. The lowest BCUT2D eigenvalue weighted by atomic mass is 9.79. The lowest BCUT2D eigenvalue weighted by Crippen LogP contribution is -2.33. The quantitative estimate of drug-likeness (QED) is 0.603. The van der Waals surface area contributed by atoms with Crippen LogP contribution < -0.4 is 5.46 Å². The second kappa shape index (κ2) is 6.31. The van der Waals surface area contributed by atoms with Crippen LogP contribution in [-0.4, -0.2) is 36.1 Å². The number of alkyl halides is 4. The number of halogens is 5. The van der Waals surface area contributed by atoms with E-state index in [1.807, 2.05) is 0 Å². The van der Waals surface area contributed by atoms with Crippen LogP contribution in [0.5, 0.6) is 0 Å². The van der Waals surface area contributed by atoms with E-state index in [1.54, 1.807) is 0 Å². The monoisotopic (exact) mass is 284 g/mol. The van der Waals surface area contributed by atoms with Gasteiger partial charge >= 0.3 is 19.5 Å². The third-order valence-electron chi connectivity index (χ3n) is 2.22. The van der Waals surface area contributed by atoms with Crippen molar-refractivity contribution in [3.63, 3.8) is 0 Å². The van der Waals surface area contributed by atoms with Gasteiger partial charge in [-0.2, -0.15) is 8.78 Å². The normalized spacial score (nSPS) is 12.0. The van der Waals surface area contributed by atoms with Gasteiger partial charge in [0.2, 0.25) is 0 Å². The highest BCUT2D eigenvalue weighted by Crippen LogP contribution is 2.23. The van der Waals surface area contributed by atoms with Crippen LogP contribution in [0.2, 0.25) is 0 Å². The Hall–Kier alpha value is -1.19. The van der Waals surface area contributed by atoms with Crippen molar-refractivity contribution in [1.82, 2.24) is 0 Å². The highest BCUT2D eigenvalue weighted by molar-refractivity contribution is 6.58. The van der Waals surface area contributed by atoms with Crippen molar-refractivity contribution in [2.75, 3.05) is 6.61 Å². The first-order chi connectivity index (χ1) is 8.74. The molecule has 0 fully saturated rings. The summed E-state index contributed by atoms with van der Waals surface area (Å²) in [6.45, 7) is -1.97. The summed E-state index contributed by atoms with van der Waals surface area (Å²) in [6.07, 6.45) is -3.84. The van der Waals surface area contributed by atoms with Crippen LogP contribution in [0.1, 0.15) is 5.56 Å². The third-order valence-corrected chi connectivity index (χ3v) is 2.22. The Kier molecular flexibility index (Phi) is 5.27. The van der Waals surface area contributed by atoms with Gasteiger partial charge in [0.05, 0.1) is 6.61 Å². The van der Waals surface area contributed by atoms with Crippen molar-refractivity contribution in [2.45, 2.75) is 19.0 Å². The highest BCUT2D eigenvalue weighted by atomic mass is 19.3. The van der Waals surface area contributed by atoms with E-state index in [0.717, 1.165) is 18.2 Å². The van der Waals surface area contributed by atoms with E-state index >= 15 is 0 Å². The van der Waals surface area contributed by atoms with Gasteiger partial charge in [0, 0.05) is 5.46 Å². The van der Waals surface area contributed by atoms with Gasteiger partial charge in [-0.15, -0.1) is 0 Å². The molecular formula is C10H10BF5O3. The molecule has 0 unspecified atom stereocenters. The second-order valence-corrected chi connectivity index (χ2v) is 3.78. The van der Waals surface area contributed by atoms with Crippen molar-refractivity contribution >= 4 is 12.6 Å². The van der Waals surface area contributed by atoms with E-state index in [1.165, 1.54) is 0 Å².